The van der Waals surface area contributed by atoms with E-state index in [0.29, 0.717) is 19.8 Å². The standard InChI is InChI=1S/C15H21NO4/c17-12-19-10-14-7-4-8-16(9-14)15(18)20-11-13-5-2-1-3-6-13/h1-3,5-6,14,17H,4,7-12H2. The Labute approximate surface area is 119 Å². The summed E-state index contributed by atoms with van der Waals surface area (Å²) in [4.78, 5) is 13.7. The quantitative estimate of drug-likeness (QED) is 0.838. The minimum absolute atomic E-state index is 0.269. The predicted octanol–water partition coefficient (Wildman–Crippen LogP) is 2.00. The molecule has 0 saturated carbocycles. The molecule has 1 N–H and O–H groups in total. The number of carbonyl (C=O) groups is 1. The molecule has 0 radical (unpaired) electrons. The largest absolute Gasteiger partial charge is 0.445 e. The van der Waals surface area contributed by atoms with Gasteiger partial charge in [0.2, 0.25) is 0 Å². The molecule has 0 aliphatic carbocycles. The zero-order chi connectivity index (χ0) is 14.2. The van der Waals surface area contributed by atoms with Crippen LogP contribution in [-0.2, 0) is 16.1 Å². The summed E-state index contributed by atoms with van der Waals surface area (Å²) < 4.78 is 10.3. The van der Waals surface area contributed by atoms with Crippen molar-refractivity contribution in [2.75, 3.05) is 26.5 Å². The summed E-state index contributed by atoms with van der Waals surface area (Å²) in [5.74, 6) is 0.278. The highest BCUT2D eigenvalue weighted by Crippen LogP contribution is 2.17. The maximum absolute atomic E-state index is 12.0. The molecule has 0 bridgehead atoms. The molecule has 1 aliphatic heterocycles. The first-order chi connectivity index (χ1) is 9.79. The van der Waals surface area contributed by atoms with Gasteiger partial charge in [0.25, 0.3) is 0 Å². The molecule has 1 aliphatic rings. The molecule has 1 saturated heterocycles. The molecule has 1 heterocycles. The van der Waals surface area contributed by atoms with Gasteiger partial charge < -0.3 is 19.5 Å². The molecule has 0 spiro atoms. The van der Waals surface area contributed by atoms with Crippen molar-refractivity contribution in [1.82, 2.24) is 4.90 Å². The molecule has 5 nitrogen and oxygen atoms in total. The lowest BCUT2D eigenvalue weighted by Crippen LogP contribution is -2.41. The number of carbonyl (C=O) groups excluding carboxylic acids is 1. The first kappa shape index (κ1) is 14.8. The van der Waals surface area contributed by atoms with Crippen molar-refractivity contribution in [2.45, 2.75) is 19.4 Å². The molecule has 0 aromatic heterocycles. The van der Waals surface area contributed by atoms with Crippen molar-refractivity contribution in [2.24, 2.45) is 5.92 Å². The highest BCUT2D eigenvalue weighted by molar-refractivity contribution is 5.67. The Hall–Kier alpha value is -1.59. The van der Waals surface area contributed by atoms with Crippen molar-refractivity contribution < 1.29 is 19.4 Å². The molecule has 20 heavy (non-hydrogen) atoms. The fraction of sp³-hybridized carbons (Fsp3) is 0.533. The summed E-state index contributed by atoms with van der Waals surface area (Å²) in [6.07, 6.45) is 1.69. The summed E-state index contributed by atoms with van der Waals surface area (Å²) in [5.41, 5.74) is 0.984. The third-order valence-corrected chi connectivity index (χ3v) is 3.43. The van der Waals surface area contributed by atoms with Crippen LogP contribution in [0.2, 0.25) is 0 Å². The number of rotatable bonds is 5. The fourth-order valence-electron chi connectivity index (χ4n) is 2.40. The topological polar surface area (TPSA) is 59.0 Å². The molecule has 1 fully saturated rings. The average Bonchev–Trinajstić information content (AvgIpc) is 2.52. The van der Waals surface area contributed by atoms with Crippen LogP contribution >= 0.6 is 0 Å². The van der Waals surface area contributed by atoms with Crippen LogP contribution in [0.4, 0.5) is 4.79 Å². The van der Waals surface area contributed by atoms with Crippen molar-refractivity contribution in [3.8, 4) is 0 Å². The van der Waals surface area contributed by atoms with E-state index in [0.717, 1.165) is 24.9 Å². The van der Waals surface area contributed by atoms with Gasteiger partial charge in [0.15, 0.2) is 0 Å². The van der Waals surface area contributed by atoms with Gasteiger partial charge in [0, 0.05) is 19.0 Å². The SMILES string of the molecule is O=C(OCc1ccccc1)N1CCCC(COCO)C1. The van der Waals surface area contributed by atoms with Gasteiger partial charge in [-0.05, 0) is 18.4 Å². The van der Waals surface area contributed by atoms with Crippen LogP contribution in [-0.4, -0.2) is 42.6 Å². The Kier molecular flexibility index (Phi) is 5.83. The Balaban J connectivity index is 1.77. The van der Waals surface area contributed by atoms with E-state index in [1.165, 1.54) is 0 Å². The summed E-state index contributed by atoms with van der Waals surface area (Å²) >= 11 is 0. The fourth-order valence-corrected chi connectivity index (χ4v) is 2.40. The van der Waals surface area contributed by atoms with Crippen LogP contribution in [0.25, 0.3) is 0 Å². The van der Waals surface area contributed by atoms with Gasteiger partial charge in [-0.25, -0.2) is 4.79 Å². The Morgan fingerprint density at radius 3 is 2.90 bits per heavy atom. The number of likely N-dealkylation sites (tertiary alicyclic amines) is 1. The number of hydrogen-bond acceptors (Lipinski definition) is 4. The second-order valence-corrected chi connectivity index (χ2v) is 4.99. The number of benzene rings is 1. The van der Waals surface area contributed by atoms with Crippen molar-refractivity contribution in [3.63, 3.8) is 0 Å². The minimum atomic E-state index is -0.275. The molecule has 5 heteroatoms. The van der Waals surface area contributed by atoms with Crippen molar-refractivity contribution in [1.29, 1.82) is 0 Å². The number of aliphatic hydroxyl groups excluding tert-OH is 1. The Morgan fingerprint density at radius 2 is 2.15 bits per heavy atom. The third kappa shape index (κ3) is 4.51. The molecule has 1 aromatic rings. The molecule has 1 unspecified atom stereocenters. The molecule has 110 valence electrons. The average molecular weight is 279 g/mol. The number of ether oxygens (including phenoxy) is 2. The second kappa shape index (κ2) is 7.87. The number of aliphatic hydroxyl groups is 1. The van der Waals surface area contributed by atoms with Gasteiger partial charge in [-0.15, -0.1) is 0 Å². The monoisotopic (exact) mass is 279 g/mol. The summed E-state index contributed by atoms with van der Waals surface area (Å²) in [5, 5.41) is 8.65. The van der Waals surface area contributed by atoms with Gasteiger partial charge in [0.1, 0.15) is 13.4 Å². The Bertz CT molecular complexity index is 410. The minimum Gasteiger partial charge on any atom is -0.445 e. The third-order valence-electron chi connectivity index (χ3n) is 3.43. The lowest BCUT2D eigenvalue weighted by molar-refractivity contribution is -0.0284. The van der Waals surface area contributed by atoms with Gasteiger partial charge >= 0.3 is 6.09 Å². The number of nitrogens with zero attached hydrogens (tertiary/aromatic N) is 1. The Morgan fingerprint density at radius 1 is 1.35 bits per heavy atom. The smallest absolute Gasteiger partial charge is 0.410 e. The van der Waals surface area contributed by atoms with E-state index in [-0.39, 0.29) is 18.8 Å². The highest BCUT2D eigenvalue weighted by atomic mass is 16.6. The lowest BCUT2D eigenvalue weighted by atomic mass is 9.99. The summed E-state index contributed by atoms with van der Waals surface area (Å²) in [6.45, 7) is 1.87. The number of amides is 1. The van der Waals surface area contributed by atoms with Crippen LogP contribution in [0.1, 0.15) is 18.4 Å². The van der Waals surface area contributed by atoms with E-state index in [9.17, 15) is 4.79 Å². The highest BCUT2D eigenvalue weighted by Gasteiger charge is 2.24. The normalized spacial score (nSPS) is 18.9. The summed E-state index contributed by atoms with van der Waals surface area (Å²) in [7, 11) is 0. The maximum atomic E-state index is 12.0. The van der Waals surface area contributed by atoms with Crippen LogP contribution in [0, 0.1) is 5.92 Å². The number of piperidine rings is 1. The van der Waals surface area contributed by atoms with E-state index in [1.54, 1.807) is 4.90 Å². The first-order valence-electron chi connectivity index (χ1n) is 6.94. The van der Waals surface area contributed by atoms with E-state index in [2.05, 4.69) is 0 Å². The van der Waals surface area contributed by atoms with Crippen LogP contribution in [0.15, 0.2) is 30.3 Å². The maximum Gasteiger partial charge on any atom is 0.410 e. The van der Waals surface area contributed by atoms with Gasteiger partial charge in [-0.3, -0.25) is 0 Å². The van der Waals surface area contributed by atoms with Gasteiger partial charge in [-0.2, -0.15) is 0 Å². The van der Waals surface area contributed by atoms with Crippen LogP contribution in [0.3, 0.4) is 0 Å². The van der Waals surface area contributed by atoms with Crippen LogP contribution < -0.4 is 0 Å². The lowest BCUT2D eigenvalue weighted by Gasteiger charge is -2.31. The van der Waals surface area contributed by atoms with Crippen LogP contribution in [0.5, 0.6) is 0 Å². The molecular weight excluding hydrogens is 258 g/mol. The zero-order valence-electron chi connectivity index (χ0n) is 11.5. The predicted molar refractivity (Wildman–Crippen MR) is 74.0 cm³/mol. The van der Waals surface area contributed by atoms with Gasteiger partial charge in [-0.1, -0.05) is 30.3 Å². The van der Waals surface area contributed by atoms with E-state index >= 15 is 0 Å². The zero-order valence-corrected chi connectivity index (χ0v) is 11.5. The van der Waals surface area contributed by atoms with E-state index < -0.39 is 0 Å². The van der Waals surface area contributed by atoms with Crippen molar-refractivity contribution >= 4 is 6.09 Å². The second-order valence-electron chi connectivity index (χ2n) is 4.99. The molecule has 1 amide bonds. The van der Waals surface area contributed by atoms with Crippen molar-refractivity contribution in [3.05, 3.63) is 35.9 Å². The van der Waals surface area contributed by atoms with E-state index in [4.69, 9.17) is 14.6 Å². The molecule has 1 aromatic carbocycles. The molecule has 2 rings (SSSR count). The molecule has 1 atom stereocenters. The number of hydrogen-bond donors (Lipinski definition) is 1. The first-order valence-corrected chi connectivity index (χ1v) is 6.94. The van der Waals surface area contributed by atoms with Gasteiger partial charge in [0.05, 0.1) is 6.61 Å². The summed E-state index contributed by atoms with van der Waals surface area (Å²) in [6, 6.07) is 9.64. The molecular formula is C15H21NO4. The van der Waals surface area contributed by atoms with E-state index in [1.807, 2.05) is 30.3 Å².